The van der Waals surface area contributed by atoms with Gasteiger partial charge in [-0.1, -0.05) is 35.9 Å². The molecule has 0 amide bonds. The highest BCUT2D eigenvalue weighted by molar-refractivity contribution is 6.01. The van der Waals surface area contributed by atoms with Gasteiger partial charge in [0.05, 0.1) is 17.5 Å². The molecule has 26 heavy (non-hydrogen) atoms. The van der Waals surface area contributed by atoms with Crippen LogP contribution in [-0.4, -0.2) is 30.8 Å². The average Bonchev–Trinajstić information content (AvgIpc) is 3.17. The number of rotatable bonds is 3. The van der Waals surface area contributed by atoms with Gasteiger partial charge in [0.15, 0.2) is 0 Å². The van der Waals surface area contributed by atoms with Crippen molar-refractivity contribution < 1.29 is 5.11 Å². The maximum absolute atomic E-state index is 13.0. The molecule has 0 aliphatic rings. The predicted octanol–water partition coefficient (Wildman–Crippen LogP) is 2.48. The molecule has 2 heterocycles. The zero-order chi connectivity index (χ0) is 18.1. The first-order chi connectivity index (χ1) is 12.6. The van der Waals surface area contributed by atoms with Gasteiger partial charge in [-0.25, -0.2) is 9.24 Å². The van der Waals surface area contributed by atoms with Crippen molar-refractivity contribution in [1.29, 1.82) is 0 Å². The standard InChI is InChI=1S/C19H15N5O2/c1-13-6-8-14(9-7-13)24-18(25)16-5-3-2-4-15(16)17(19(24)26)10-22-23-11-20-21-12-23/h2-12,26H,1H3. The summed E-state index contributed by atoms with van der Waals surface area (Å²) in [7, 11) is 0. The Morgan fingerprint density at radius 3 is 2.35 bits per heavy atom. The summed E-state index contributed by atoms with van der Waals surface area (Å²) in [6.45, 7) is 1.96. The van der Waals surface area contributed by atoms with Gasteiger partial charge in [0.25, 0.3) is 5.56 Å². The van der Waals surface area contributed by atoms with E-state index in [4.69, 9.17) is 0 Å². The van der Waals surface area contributed by atoms with Crippen molar-refractivity contribution >= 4 is 17.0 Å². The zero-order valence-corrected chi connectivity index (χ0v) is 13.9. The Kier molecular flexibility index (Phi) is 3.81. The van der Waals surface area contributed by atoms with Crippen molar-refractivity contribution in [3.8, 4) is 11.6 Å². The first-order valence-electron chi connectivity index (χ1n) is 7.98. The van der Waals surface area contributed by atoms with Gasteiger partial charge < -0.3 is 5.11 Å². The van der Waals surface area contributed by atoms with Gasteiger partial charge in [-0.15, -0.1) is 10.2 Å². The van der Waals surface area contributed by atoms with Gasteiger partial charge in [0.2, 0.25) is 5.88 Å². The first-order valence-corrected chi connectivity index (χ1v) is 7.98. The van der Waals surface area contributed by atoms with Crippen LogP contribution in [0.5, 0.6) is 5.88 Å². The number of aromatic hydroxyl groups is 1. The van der Waals surface area contributed by atoms with Crippen LogP contribution in [0.1, 0.15) is 11.1 Å². The van der Waals surface area contributed by atoms with Gasteiger partial charge in [0.1, 0.15) is 12.7 Å². The lowest BCUT2D eigenvalue weighted by Gasteiger charge is -2.13. The second kappa shape index (κ2) is 6.29. The maximum Gasteiger partial charge on any atom is 0.265 e. The van der Waals surface area contributed by atoms with E-state index in [1.54, 1.807) is 30.3 Å². The molecule has 0 fully saturated rings. The number of hydrogen-bond donors (Lipinski definition) is 1. The Morgan fingerprint density at radius 1 is 1.00 bits per heavy atom. The highest BCUT2D eigenvalue weighted by atomic mass is 16.3. The molecule has 4 rings (SSSR count). The Bertz CT molecular complexity index is 1160. The second-order valence-electron chi connectivity index (χ2n) is 5.85. The van der Waals surface area contributed by atoms with E-state index in [0.29, 0.717) is 22.0 Å². The Morgan fingerprint density at radius 2 is 1.65 bits per heavy atom. The number of nitrogens with zero attached hydrogens (tertiary/aromatic N) is 5. The number of aromatic nitrogens is 4. The molecule has 0 unspecified atom stereocenters. The quantitative estimate of drug-likeness (QED) is 0.578. The molecule has 7 nitrogen and oxygen atoms in total. The molecule has 0 aliphatic heterocycles. The Hall–Kier alpha value is -3.74. The normalized spacial score (nSPS) is 11.4. The fourth-order valence-electron chi connectivity index (χ4n) is 2.80. The summed E-state index contributed by atoms with van der Waals surface area (Å²) in [6, 6.07) is 14.5. The van der Waals surface area contributed by atoms with E-state index in [1.165, 1.54) is 28.1 Å². The zero-order valence-electron chi connectivity index (χ0n) is 13.9. The molecule has 0 radical (unpaired) electrons. The number of hydrogen-bond acceptors (Lipinski definition) is 5. The van der Waals surface area contributed by atoms with Crippen LogP contribution in [0.3, 0.4) is 0 Å². The lowest BCUT2D eigenvalue weighted by Crippen LogP contribution is -2.20. The van der Waals surface area contributed by atoms with Crippen LogP contribution in [0.15, 0.2) is 71.1 Å². The number of fused-ring (bicyclic) bond motifs is 1. The molecule has 128 valence electrons. The molecule has 0 bridgehead atoms. The van der Waals surface area contributed by atoms with Crippen LogP contribution in [-0.2, 0) is 0 Å². The lowest BCUT2D eigenvalue weighted by atomic mass is 10.1. The van der Waals surface area contributed by atoms with E-state index >= 15 is 0 Å². The third-order valence-electron chi connectivity index (χ3n) is 4.12. The van der Waals surface area contributed by atoms with Gasteiger partial charge in [-0.3, -0.25) is 4.79 Å². The minimum absolute atomic E-state index is 0.172. The van der Waals surface area contributed by atoms with Crippen molar-refractivity contribution in [2.45, 2.75) is 6.92 Å². The monoisotopic (exact) mass is 345 g/mol. The Balaban J connectivity index is 2.01. The molecular weight excluding hydrogens is 330 g/mol. The van der Waals surface area contributed by atoms with Crippen molar-refractivity contribution in [3.05, 3.63) is 82.7 Å². The minimum Gasteiger partial charge on any atom is -0.494 e. The predicted molar refractivity (Wildman–Crippen MR) is 99.0 cm³/mol. The van der Waals surface area contributed by atoms with Crippen LogP contribution in [0.25, 0.3) is 16.5 Å². The van der Waals surface area contributed by atoms with Crippen LogP contribution < -0.4 is 5.56 Å². The summed E-state index contributed by atoms with van der Waals surface area (Å²) in [5.41, 5.74) is 1.80. The summed E-state index contributed by atoms with van der Waals surface area (Å²) < 4.78 is 2.70. The molecule has 7 heteroatoms. The van der Waals surface area contributed by atoms with Crippen molar-refractivity contribution in [2.24, 2.45) is 5.10 Å². The summed E-state index contributed by atoms with van der Waals surface area (Å²) in [6.07, 6.45) is 4.36. The highest BCUT2D eigenvalue weighted by Gasteiger charge is 2.16. The summed E-state index contributed by atoms with van der Waals surface area (Å²) in [4.78, 5) is 13.0. The number of benzene rings is 2. The van der Waals surface area contributed by atoms with Crippen LogP contribution in [0.4, 0.5) is 0 Å². The van der Waals surface area contributed by atoms with Gasteiger partial charge in [-0.2, -0.15) is 5.10 Å². The highest BCUT2D eigenvalue weighted by Crippen LogP contribution is 2.26. The smallest absolute Gasteiger partial charge is 0.265 e. The first kappa shape index (κ1) is 15.8. The van der Waals surface area contributed by atoms with E-state index < -0.39 is 0 Å². The number of aryl methyl sites for hydroxylation is 1. The minimum atomic E-state index is -0.289. The van der Waals surface area contributed by atoms with E-state index in [1.807, 2.05) is 25.1 Å². The number of pyridine rings is 1. The second-order valence-corrected chi connectivity index (χ2v) is 5.85. The van der Waals surface area contributed by atoms with Crippen molar-refractivity contribution in [3.63, 3.8) is 0 Å². The van der Waals surface area contributed by atoms with Crippen molar-refractivity contribution in [2.75, 3.05) is 0 Å². The van der Waals surface area contributed by atoms with E-state index in [0.717, 1.165) is 5.56 Å². The molecule has 0 aliphatic carbocycles. The SMILES string of the molecule is Cc1ccc(-n2c(O)c(C=Nn3cnnc3)c3ccccc3c2=O)cc1. The molecule has 0 saturated carbocycles. The molecule has 2 aromatic carbocycles. The summed E-state index contributed by atoms with van der Waals surface area (Å²) in [5.74, 6) is -0.172. The van der Waals surface area contributed by atoms with Crippen LogP contribution in [0, 0.1) is 6.92 Å². The molecule has 4 aromatic rings. The van der Waals surface area contributed by atoms with Gasteiger partial charge in [-0.05, 0) is 25.1 Å². The van der Waals surface area contributed by atoms with E-state index in [2.05, 4.69) is 15.3 Å². The molecular formula is C19H15N5O2. The Labute approximate surface area is 148 Å². The molecule has 0 atom stereocenters. The van der Waals surface area contributed by atoms with E-state index in [9.17, 15) is 9.90 Å². The van der Waals surface area contributed by atoms with Gasteiger partial charge in [0, 0.05) is 10.8 Å². The fraction of sp³-hybridized carbons (Fsp3) is 0.0526. The molecule has 2 aromatic heterocycles. The van der Waals surface area contributed by atoms with Crippen molar-refractivity contribution in [1.82, 2.24) is 19.4 Å². The molecule has 0 saturated heterocycles. The third kappa shape index (κ3) is 2.65. The van der Waals surface area contributed by atoms with Gasteiger partial charge >= 0.3 is 0 Å². The topological polar surface area (TPSA) is 85.3 Å². The molecule has 1 N–H and O–H groups in total. The maximum atomic E-state index is 13.0. The third-order valence-corrected chi connectivity index (χ3v) is 4.12. The largest absolute Gasteiger partial charge is 0.494 e. The van der Waals surface area contributed by atoms with E-state index in [-0.39, 0.29) is 11.4 Å². The van der Waals surface area contributed by atoms with Crippen LogP contribution in [0.2, 0.25) is 0 Å². The summed E-state index contributed by atoms with van der Waals surface area (Å²) >= 11 is 0. The van der Waals surface area contributed by atoms with Crippen LogP contribution >= 0.6 is 0 Å². The molecule has 0 spiro atoms. The lowest BCUT2D eigenvalue weighted by molar-refractivity contribution is 0.436. The summed E-state index contributed by atoms with van der Waals surface area (Å²) in [5, 5.41) is 23.6. The fourth-order valence-corrected chi connectivity index (χ4v) is 2.80. The average molecular weight is 345 g/mol.